The molecule has 0 bridgehead atoms. The van der Waals surface area contributed by atoms with E-state index in [2.05, 4.69) is 19.9 Å². The third-order valence-electron chi connectivity index (χ3n) is 7.35. The first-order valence-electron chi connectivity index (χ1n) is 12.4. The van der Waals surface area contributed by atoms with Crippen LogP contribution in [0.2, 0.25) is 0 Å². The Hall–Kier alpha value is -5.52. The summed E-state index contributed by atoms with van der Waals surface area (Å²) in [4.78, 5) is 18.4. The highest BCUT2D eigenvalue weighted by molar-refractivity contribution is 5.99. The van der Waals surface area contributed by atoms with E-state index in [1.807, 2.05) is 27.7 Å². The molecule has 0 aliphatic heterocycles. The lowest BCUT2D eigenvalue weighted by Gasteiger charge is -2.12. The van der Waals surface area contributed by atoms with Crippen molar-refractivity contribution >= 4 is 89.6 Å². The molecule has 0 fully saturated rings. The fourth-order valence-corrected chi connectivity index (χ4v) is 4.71. The van der Waals surface area contributed by atoms with Crippen molar-refractivity contribution in [1.82, 2.24) is 19.9 Å². The van der Waals surface area contributed by atoms with Crippen LogP contribution >= 0.6 is 0 Å². The average Bonchev–Trinajstić information content (AvgIpc) is 2.92. The van der Waals surface area contributed by atoms with Gasteiger partial charge in [-0.25, -0.2) is 19.9 Å². The molecule has 12 nitrogen and oxygen atoms in total. The van der Waals surface area contributed by atoms with E-state index in [0.29, 0.717) is 67.6 Å². The maximum Gasteiger partial charge on any atom is 0.0945 e. The van der Waals surface area contributed by atoms with Crippen LogP contribution in [-0.4, -0.2) is 19.9 Å². The molecule has 0 amide bonds. The van der Waals surface area contributed by atoms with E-state index in [9.17, 15) is 0 Å². The number of aryl methyl sites for hydroxylation is 4. The van der Waals surface area contributed by atoms with Crippen LogP contribution in [0.4, 0.5) is 45.5 Å². The maximum absolute atomic E-state index is 5.95. The van der Waals surface area contributed by atoms with Gasteiger partial charge in [-0.2, -0.15) is 0 Å². The normalized spacial score (nSPS) is 11.3. The number of rotatable bonds is 0. The van der Waals surface area contributed by atoms with Crippen molar-refractivity contribution in [1.29, 1.82) is 0 Å². The number of hydrogen-bond acceptors (Lipinski definition) is 12. The van der Waals surface area contributed by atoms with Crippen LogP contribution in [0.3, 0.4) is 0 Å². The number of nitrogens with zero attached hydrogens (tertiary/aromatic N) is 4. The molecule has 0 saturated carbocycles. The number of benzene rings is 4. The minimum atomic E-state index is 0.504. The Balaban J connectivity index is 0.000000161. The van der Waals surface area contributed by atoms with E-state index in [-0.39, 0.29) is 0 Å². The number of nitrogens with two attached hydrogens (primary N) is 8. The lowest BCUT2D eigenvalue weighted by Crippen LogP contribution is -2.03. The molecule has 6 rings (SSSR count). The highest BCUT2D eigenvalue weighted by Crippen LogP contribution is 2.33. The summed E-state index contributed by atoms with van der Waals surface area (Å²) >= 11 is 0. The Morgan fingerprint density at radius 3 is 0.850 bits per heavy atom. The first-order chi connectivity index (χ1) is 18.8. The monoisotopic (exact) mass is 536 g/mol. The van der Waals surface area contributed by atoms with Crippen molar-refractivity contribution in [3.8, 4) is 0 Å². The van der Waals surface area contributed by atoms with Gasteiger partial charge in [0.25, 0.3) is 0 Å². The SMILES string of the molecule is Cc1c(N)c(N)cc2nc3c(C)c(N)c(N)cc3nc12.Cc1c(N)c(N)cc2nc3cc(N)c(N)c(C)c3nc12. The zero-order chi connectivity index (χ0) is 29.2. The largest absolute Gasteiger partial charge is 0.397 e. The summed E-state index contributed by atoms with van der Waals surface area (Å²) < 4.78 is 0. The molecule has 40 heavy (non-hydrogen) atoms. The van der Waals surface area contributed by atoms with Gasteiger partial charge in [-0.1, -0.05) is 0 Å². The number of aromatic nitrogens is 4. The molecule has 0 aliphatic carbocycles. The van der Waals surface area contributed by atoms with Gasteiger partial charge in [-0.3, -0.25) is 0 Å². The van der Waals surface area contributed by atoms with E-state index in [4.69, 9.17) is 45.9 Å². The van der Waals surface area contributed by atoms with Crippen molar-refractivity contribution in [3.05, 3.63) is 46.5 Å². The van der Waals surface area contributed by atoms with Crippen LogP contribution in [0.1, 0.15) is 22.3 Å². The van der Waals surface area contributed by atoms with Crippen LogP contribution in [-0.2, 0) is 0 Å². The molecular formula is C28H32N12. The quantitative estimate of drug-likeness (QED) is 0.102. The number of hydrogen-bond donors (Lipinski definition) is 8. The molecule has 2 heterocycles. The number of nitrogen functional groups attached to an aromatic ring is 8. The highest BCUT2D eigenvalue weighted by Gasteiger charge is 2.14. The van der Waals surface area contributed by atoms with Crippen molar-refractivity contribution in [2.75, 3.05) is 45.9 Å². The van der Waals surface area contributed by atoms with E-state index in [1.165, 1.54) is 0 Å². The smallest absolute Gasteiger partial charge is 0.0945 e. The third-order valence-corrected chi connectivity index (χ3v) is 7.35. The molecule has 204 valence electrons. The minimum Gasteiger partial charge on any atom is -0.397 e. The molecular weight excluding hydrogens is 504 g/mol. The van der Waals surface area contributed by atoms with Gasteiger partial charge in [0.05, 0.1) is 89.6 Å². The van der Waals surface area contributed by atoms with Crippen molar-refractivity contribution in [2.24, 2.45) is 0 Å². The van der Waals surface area contributed by atoms with Crippen LogP contribution in [0.15, 0.2) is 24.3 Å². The van der Waals surface area contributed by atoms with Gasteiger partial charge in [-0.05, 0) is 52.0 Å². The van der Waals surface area contributed by atoms with Gasteiger partial charge < -0.3 is 45.9 Å². The molecule has 0 radical (unpaired) electrons. The maximum atomic E-state index is 5.95. The fourth-order valence-electron chi connectivity index (χ4n) is 4.71. The van der Waals surface area contributed by atoms with Crippen molar-refractivity contribution in [2.45, 2.75) is 27.7 Å². The lowest BCUT2D eigenvalue weighted by atomic mass is 10.1. The van der Waals surface area contributed by atoms with Crippen LogP contribution in [0.25, 0.3) is 44.1 Å². The standard InChI is InChI=1S/2C14H16N6/c1-5-11(17)7(15)3-9-13(5)19-10-4-8(16)12(18)6(2)14(10)20-9;1-5-11(17)7(15)3-9-13(5)20-14-6(2)12(18)8(16)4-10(14)19-9/h2*3-4H,15-18H2,1-2H3. The minimum absolute atomic E-state index is 0.504. The van der Waals surface area contributed by atoms with Crippen LogP contribution in [0.5, 0.6) is 0 Å². The Bertz CT molecular complexity index is 1890. The Morgan fingerprint density at radius 1 is 0.350 bits per heavy atom. The molecule has 12 heteroatoms. The summed E-state index contributed by atoms with van der Waals surface area (Å²) in [5.41, 5.74) is 60.5. The number of anilines is 8. The molecule has 0 aliphatic rings. The zero-order valence-electron chi connectivity index (χ0n) is 22.7. The Morgan fingerprint density at radius 2 is 0.575 bits per heavy atom. The lowest BCUT2D eigenvalue weighted by molar-refractivity contribution is 1.33. The molecule has 0 spiro atoms. The topological polar surface area (TPSA) is 260 Å². The second-order valence-corrected chi connectivity index (χ2v) is 9.94. The van der Waals surface area contributed by atoms with E-state index in [0.717, 1.165) is 44.3 Å². The highest BCUT2D eigenvalue weighted by atomic mass is 14.9. The number of fused-ring (bicyclic) bond motifs is 4. The molecule has 0 saturated heterocycles. The van der Waals surface area contributed by atoms with Crippen LogP contribution in [0, 0.1) is 27.7 Å². The third kappa shape index (κ3) is 3.93. The second-order valence-electron chi connectivity index (χ2n) is 9.94. The summed E-state index contributed by atoms with van der Waals surface area (Å²) in [6.45, 7) is 7.51. The van der Waals surface area contributed by atoms with Crippen molar-refractivity contribution in [3.63, 3.8) is 0 Å². The zero-order valence-corrected chi connectivity index (χ0v) is 22.7. The van der Waals surface area contributed by atoms with Gasteiger partial charge >= 0.3 is 0 Å². The average molecular weight is 537 g/mol. The molecule has 6 aromatic rings. The van der Waals surface area contributed by atoms with E-state index in [1.54, 1.807) is 24.3 Å². The molecule has 2 aromatic heterocycles. The first-order valence-corrected chi connectivity index (χ1v) is 12.4. The molecule has 16 N–H and O–H groups in total. The predicted molar refractivity (Wildman–Crippen MR) is 168 cm³/mol. The summed E-state index contributed by atoms with van der Waals surface area (Å²) in [5.74, 6) is 0. The summed E-state index contributed by atoms with van der Waals surface area (Å²) in [7, 11) is 0. The summed E-state index contributed by atoms with van der Waals surface area (Å²) in [6, 6.07) is 6.92. The van der Waals surface area contributed by atoms with Gasteiger partial charge in [-0.15, -0.1) is 0 Å². The summed E-state index contributed by atoms with van der Waals surface area (Å²) in [6.07, 6.45) is 0. The van der Waals surface area contributed by atoms with Gasteiger partial charge in [0.2, 0.25) is 0 Å². The van der Waals surface area contributed by atoms with E-state index < -0.39 is 0 Å². The summed E-state index contributed by atoms with van der Waals surface area (Å²) in [5, 5.41) is 0. The van der Waals surface area contributed by atoms with Gasteiger partial charge in [0.1, 0.15) is 0 Å². The molecule has 4 aromatic carbocycles. The van der Waals surface area contributed by atoms with E-state index >= 15 is 0 Å². The van der Waals surface area contributed by atoms with Crippen LogP contribution < -0.4 is 45.9 Å². The van der Waals surface area contributed by atoms with Gasteiger partial charge in [0, 0.05) is 22.3 Å². The fraction of sp³-hybridized carbons (Fsp3) is 0.143. The Labute approximate surface area is 229 Å². The Kier molecular flexibility index (Phi) is 5.90. The molecule has 0 unspecified atom stereocenters. The van der Waals surface area contributed by atoms with Crippen molar-refractivity contribution < 1.29 is 0 Å². The van der Waals surface area contributed by atoms with Gasteiger partial charge in [0.15, 0.2) is 0 Å². The first kappa shape index (κ1) is 26.1. The molecule has 0 atom stereocenters. The predicted octanol–water partition coefficient (Wildman–Crippen LogP) is 3.46. The second kappa shape index (κ2) is 9.05.